The molecule has 29 heavy (non-hydrogen) atoms. The lowest BCUT2D eigenvalue weighted by Gasteiger charge is -2.01. The molecular formula is C15H10ClF3N4O5S. The van der Waals surface area contributed by atoms with E-state index in [1.807, 2.05) is 0 Å². The van der Waals surface area contributed by atoms with Gasteiger partial charge in [-0.25, -0.2) is 13.1 Å². The van der Waals surface area contributed by atoms with E-state index in [0.717, 1.165) is 6.26 Å². The quantitative estimate of drug-likeness (QED) is 0.628. The van der Waals surface area contributed by atoms with Gasteiger partial charge in [0.2, 0.25) is 5.82 Å². The van der Waals surface area contributed by atoms with Gasteiger partial charge in [0.25, 0.3) is 5.89 Å². The molecular weight excluding hydrogens is 441 g/mol. The molecule has 0 fully saturated rings. The topological polar surface area (TPSA) is 128 Å². The van der Waals surface area contributed by atoms with Crippen LogP contribution < -0.4 is 0 Å². The molecule has 0 aliphatic heterocycles. The predicted molar refractivity (Wildman–Crippen MR) is 91.7 cm³/mol. The normalized spacial score (nSPS) is 12.3. The van der Waals surface area contributed by atoms with Crippen LogP contribution >= 0.6 is 11.6 Å². The average Bonchev–Trinajstić information content (AvgIpc) is 3.18. The number of aromatic nitrogens is 4. The minimum absolute atomic E-state index is 0.0327. The van der Waals surface area contributed by atoms with E-state index < -0.39 is 50.8 Å². The van der Waals surface area contributed by atoms with Crippen molar-refractivity contribution in [2.24, 2.45) is 0 Å². The summed E-state index contributed by atoms with van der Waals surface area (Å²) in [5.74, 6) is -2.13. The molecule has 9 nitrogen and oxygen atoms in total. The fourth-order valence-corrected chi connectivity index (χ4v) is 3.36. The first-order chi connectivity index (χ1) is 13.4. The number of halogens is 4. The average molecular weight is 451 g/mol. The Morgan fingerprint density at radius 3 is 2.62 bits per heavy atom. The van der Waals surface area contributed by atoms with E-state index in [0.29, 0.717) is 4.68 Å². The van der Waals surface area contributed by atoms with Crippen LogP contribution in [0.4, 0.5) is 13.2 Å². The molecule has 0 unspecified atom stereocenters. The minimum Gasteiger partial charge on any atom is -0.480 e. The maximum absolute atomic E-state index is 13.1. The summed E-state index contributed by atoms with van der Waals surface area (Å²) in [6, 6.07) is 5.47. The molecule has 0 radical (unpaired) electrons. The Kier molecular flexibility index (Phi) is 5.13. The summed E-state index contributed by atoms with van der Waals surface area (Å²) in [6.07, 6.45) is -3.95. The Morgan fingerprint density at radius 1 is 1.34 bits per heavy atom. The number of hydrogen-bond acceptors (Lipinski definition) is 7. The zero-order valence-corrected chi connectivity index (χ0v) is 15.9. The predicted octanol–water partition coefficient (Wildman–Crippen LogP) is 2.76. The number of sulfone groups is 1. The van der Waals surface area contributed by atoms with E-state index in [4.69, 9.17) is 21.2 Å². The molecule has 0 saturated carbocycles. The highest BCUT2D eigenvalue weighted by Gasteiger charge is 2.40. The molecule has 2 heterocycles. The summed E-state index contributed by atoms with van der Waals surface area (Å²) in [5, 5.41) is 14.8. The molecule has 0 aliphatic carbocycles. The minimum atomic E-state index is -4.94. The summed E-state index contributed by atoms with van der Waals surface area (Å²) in [6.45, 7) is -0.938. The fraction of sp³-hybridized carbons (Fsp3) is 0.200. The zero-order valence-electron chi connectivity index (χ0n) is 14.3. The third-order valence-electron chi connectivity index (χ3n) is 3.60. The van der Waals surface area contributed by atoms with Crippen molar-refractivity contribution in [3.05, 3.63) is 35.0 Å². The number of aliphatic carboxylic acids is 1. The number of benzene rings is 1. The standard InChI is InChI=1S/C15H10ClF3N4O5S/c1-29(26,27)8-4-2-3-7(5-8)13-20-14(28-22-13)11-10(16)12(15(17,18)19)21-23(11)6-9(24)25/h2-5H,6H2,1H3,(H,24,25). The lowest BCUT2D eigenvalue weighted by molar-refractivity contribution is -0.143. The summed E-state index contributed by atoms with van der Waals surface area (Å²) in [7, 11) is -3.53. The summed E-state index contributed by atoms with van der Waals surface area (Å²) < 4.78 is 68.1. The Hall–Kier alpha value is -2.93. The molecule has 1 aromatic carbocycles. The van der Waals surface area contributed by atoms with Crippen molar-refractivity contribution in [2.45, 2.75) is 17.6 Å². The van der Waals surface area contributed by atoms with Gasteiger partial charge in [-0.3, -0.25) is 4.79 Å². The molecule has 1 N–H and O–H groups in total. The molecule has 0 bridgehead atoms. The Morgan fingerprint density at radius 2 is 2.03 bits per heavy atom. The molecule has 0 saturated heterocycles. The third kappa shape index (κ3) is 4.24. The highest BCUT2D eigenvalue weighted by molar-refractivity contribution is 7.90. The van der Waals surface area contributed by atoms with Gasteiger partial charge in [-0.15, -0.1) is 0 Å². The van der Waals surface area contributed by atoms with Crippen molar-refractivity contribution in [1.29, 1.82) is 0 Å². The number of carboxylic acid groups (broad SMARTS) is 1. The van der Waals surface area contributed by atoms with E-state index in [-0.39, 0.29) is 16.3 Å². The SMILES string of the molecule is CS(=O)(=O)c1cccc(-c2noc(-c3c(Cl)c(C(F)(F)F)nn3CC(=O)O)n2)c1. The van der Waals surface area contributed by atoms with Crippen LogP contribution in [0.5, 0.6) is 0 Å². The summed E-state index contributed by atoms with van der Waals surface area (Å²) >= 11 is 5.77. The molecule has 0 atom stereocenters. The zero-order chi connectivity index (χ0) is 21.6. The first kappa shape index (κ1) is 20.8. The second-order valence-electron chi connectivity index (χ2n) is 5.78. The smallest absolute Gasteiger partial charge is 0.436 e. The van der Waals surface area contributed by atoms with Gasteiger partial charge in [0.1, 0.15) is 17.3 Å². The first-order valence-electron chi connectivity index (χ1n) is 7.58. The largest absolute Gasteiger partial charge is 0.480 e. The van der Waals surface area contributed by atoms with Gasteiger partial charge in [-0.1, -0.05) is 28.9 Å². The van der Waals surface area contributed by atoms with Crippen molar-refractivity contribution in [3.8, 4) is 23.0 Å². The van der Waals surface area contributed by atoms with Crippen molar-refractivity contribution in [1.82, 2.24) is 19.9 Å². The van der Waals surface area contributed by atoms with Crippen molar-refractivity contribution >= 4 is 27.4 Å². The van der Waals surface area contributed by atoms with Crippen molar-refractivity contribution < 1.29 is 36.0 Å². The van der Waals surface area contributed by atoms with Crippen LogP contribution in [0.3, 0.4) is 0 Å². The molecule has 14 heteroatoms. The van der Waals surface area contributed by atoms with Crippen molar-refractivity contribution in [2.75, 3.05) is 6.26 Å². The monoisotopic (exact) mass is 450 g/mol. The van der Waals surface area contributed by atoms with Crippen LogP contribution in [-0.2, 0) is 27.4 Å². The molecule has 3 rings (SSSR count). The van der Waals surface area contributed by atoms with Crippen molar-refractivity contribution in [3.63, 3.8) is 0 Å². The van der Waals surface area contributed by atoms with Gasteiger partial charge in [0.05, 0.1) is 4.90 Å². The molecule has 0 aliphatic rings. The van der Waals surface area contributed by atoms with E-state index in [9.17, 15) is 26.4 Å². The third-order valence-corrected chi connectivity index (χ3v) is 5.07. The highest BCUT2D eigenvalue weighted by atomic mass is 35.5. The molecule has 2 aromatic heterocycles. The maximum atomic E-state index is 13.1. The fourth-order valence-electron chi connectivity index (χ4n) is 2.37. The number of carboxylic acids is 1. The molecule has 3 aromatic rings. The lowest BCUT2D eigenvalue weighted by atomic mass is 10.2. The number of alkyl halides is 3. The second-order valence-corrected chi connectivity index (χ2v) is 8.18. The Bertz CT molecular complexity index is 1200. The van der Waals surface area contributed by atoms with E-state index in [2.05, 4.69) is 15.2 Å². The van der Waals surface area contributed by atoms with E-state index >= 15 is 0 Å². The Labute approximate surface area is 165 Å². The highest BCUT2D eigenvalue weighted by Crippen LogP contribution is 2.39. The molecule has 0 amide bonds. The van der Waals surface area contributed by atoms with Crippen LogP contribution in [0.1, 0.15) is 5.69 Å². The number of nitrogens with zero attached hydrogens (tertiary/aromatic N) is 4. The Balaban J connectivity index is 2.11. The van der Waals surface area contributed by atoms with Gasteiger partial charge in [-0.05, 0) is 12.1 Å². The number of rotatable bonds is 5. The van der Waals surface area contributed by atoms with Crippen LogP contribution in [0, 0.1) is 0 Å². The van der Waals surface area contributed by atoms with E-state index in [1.165, 1.54) is 24.3 Å². The first-order valence-corrected chi connectivity index (χ1v) is 9.84. The van der Waals surface area contributed by atoms with Gasteiger partial charge < -0.3 is 9.63 Å². The lowest BCUT2D eigenvalue weighted by Crippen LogP contribution is -2.13. The maximum Gasteiger partial charge on any atom is 0.436 e. The van der Waals surface area contributed by atoms with Gasteiger partial charge in [0, 0.05) is 11.8 Å². The van der Waals surface area contributed by atoms with Crippen LogP contribution in [0.25, 0.3) is 23.0 Å². The van der Waals surface area contributed by atoms with Gasteiger partial charge in [0.15, 0.2) is 15.5 Å². The van der Waals surface area contributed by atoms with Crippen LogP contribution in [-0.4, -0.2) is 45.7 Å². The summed E-state index contributed by atoms with van der Waals surface area (Å²) in [5.41, 5.74) is -1.83. The van der Waals surface area contributed by atoms with E-state index in [1.54, 1.807) is 0 Å². The van der Waals surface area contributed by atoms with Gasteiger partial charge >= 0.3 is 12.1 Å². The van der Waals surface area contributed by atoms with Crippen LogP contribution in [0.15, 0.2) is 33.7 Å². The van der Waals surface area contributed by atoms with Crippen LogP contribution in [0.2, 0.25) is 5.02 Å². The van der Waals surface area contributed by atoms with Gasteiger partial charge in [-0.2, -0.15) is 23.3 Å². The second kappa shape index (κ2) is 7.15. The summed E-state index contributed by atoms with van der Waals surface area (Å²) in [4.78, 5) is 14.9. The molecule has 154 valence electrons. The number of hydrogen-bond donors (Lipinski definition) is 1. The molecule has 0 spiro atoms. The number of carbonyl (C=O) groups is 1.